The SMILES string of the molecule is Cc1nc(/C(N)=C/N(C)N)c(-c2ccc(OCCc3ccc(F)cc3)cc2)c(N2CCC(C)(C)CC2)c1CC(=O)O. The van der Waals surface area contributed by atoms with Crippen LogP contribution < -0.4 is 21.2 Å². The molecule has 1 saturated heterocycles. The zero-order valence-corrected chi connectivity index (χ0v) is 24.3. The van der Waals surface area contributed by atoms with Crippen molar-refractivity contribution in [3.63, 3.8) is 0 Å². The molecule has 0 radical (unpaired) electrons. The quantitative estimate of drug-likeness (QED) is 0.230. The van der Waals surface area contributed by atoms with Crippen molar-refractivity contribution >= 4 is 17.4 Å². The van der Waals surface area contributed by atoms with Gasteiger partial charge in [-0.1, -0.05) is 38.1 Å². The first-order valence-electron chi connectivity index (χ1n) is 13.9. The molecule has 1 aliphatic rings. The highest BCUT2D eigenvalue weighted by atomic mass is 19.1. The van der Waals surface area contributed by atoms with Crippen molar-refractivity contribution in [3.05, 3.63) is 83.1 Å². The Kier molecular flexibility index (Phi) is 9.18. The van der Waals surface area contributed by atoms with Gasteiger partial charge < -0.3 is 25.5 Å². The van der Waals surface area contributed by atoms with E-state index in [0.717, 1.165) is 48.3 Å². The molecule has 0 amide bonds. The number of carboxylic acids is 1. The van der Waals surface area contributed by atoms with Crippen molar-refractivity contribution in [2.75, 3.05) is 31.6 Å². The van der Waals surface area contributed by atoms with E-state index in [0.29, 0.717) is 41.4 Å². The van der Waals surface area contributed by atoms with Gasteiger partial charge in [-0.25, -0.2) is 10.2 Å². The largest absolute Gasteiger partial charge is 0.493 e. The molecule has 0 bridgehead atoms. The minimum atomic E-state index is -0.915. The lowest BCUT2D eigenvalue weighted by Crippen LogP contribution is -2.38. The highest BCUT2D eigenvalue weighted by molar-refractivity contribution is 5.91. The molecule has 0 atom stereocenters. The van der Waals surface area contributed by atoms with Gasteiger partial charge in [-0.2, -0.15) is 0 Å². The molecule has 0 unspecified atom stereocenters. The molecule has 0 spiro atoms. The summed E-state index contributed by atoms with van der Waals surface area (Å²) in [5, 5.41) is 11.2. The molecule has 5 N–H and O–H groups in total. The summed E-state index contributed by atoms with van der Waals surface area (Å²) in [7, 11) is 1.68. The number of halogens is 1. The normalized spacial score (nSPS) is 15.1. The maximum atomic E-state index is 13.2. The molecular weight excluding hydrogens is 521 g/mol. The molecule has 0 aliphatic carbocycles. The summed E-state index contributed by atoms with van der Waals surface area (Å²) in [5.41, 5.74) is 12.5. The Morgan fingerprint density at radius 3 is 2.37 bits per heavy atom. The Hall–Kier alpha value is -4.11. The van der Waals surface area contributed by atoms with Gasteiger partial charge in [0.2, 0.25) is 0 Å². The summed E-state index contributed by atoms with van der Waals surface area (Å²) < 4.78 is 19.2. The van der Waals surface area contributed by atoms with Gasteiger partial charge in [0.25, 0.3) is 0 Å². The van der Waals surface area contributed by atoms with Crippen LogP contribution in [0.2, 0.25) is 0 Å². The van der Waals surface area contributed by atoms with Gasteiger partial charge in [-0.15, -0.1) is 0 Å². The van der Waals surface area contributed by atoms with Crippen LogP contribution >= 0.6 is 0 Å². The molecule has 8 nitrogen and oxygen atoms in total. The van der Waals surface area contributed by atoms with Gasteiger partial charge in [0.15, 0.2) is 0 Å². The fourth-order valence-electron chi connectivity index (χ4n) is 5.19. The van der Waals surface area contributed by atoms with Crippen LogP contribution in [0.5, 0.6) is 5.75 Å². The fourth-order valence-corrected chi connectivity index (χ4v) is 5.19. The second-order valence-electron chi connectivity index (χ2n) is 11.5. The Balaban J connectivity index is 1.75. The van der Waals surface area contributed by atoms with Crippen molar-refractivity contribution in [2.45, 2.75) is 46.5 Å². The Morgan fingerprint density at radius 1 is 1.15 bits per heavy atom. The molecule has 41 heavy (non-hydrogen) atoms. The molecule has 1 aliphatic heterocycles. The van der Waals surface area contributed by atoms with Crippen molar-refractivity contribution in [1.82, 2.24) is 9.99 Å². The molecule has 3 aromatic rings. The Bertz CT molecular complexity index is 1390. The van der Waals surface area contributed by atoms with E-state index in [1.165, 1.54) is 17.1 Å². The number of piperidine rings is 1. The van der Waals surface area contributed by atoms with Crippen LogP contribution in [0, 0.1) is 18.2 Å². The summed E-state index contributed by atoms with van der Waals surface area (Å²) in [4.78, 5) is 19.1. The lowest BCUT2D eigenvalue weighted by atomic mass is 9.82. The lowest BCUT2D eigenvalue weighted by Gasteiger charge is -2.40. The van der Waals surface area contributed by atoms with E-state index in [-0.39, 0.29) is 17.7 Å². The number of aliphatic carboxylic acids is 1. The summed E-state index contributed by atoms with van der Waals surface area (Å²) in [5.74, 6) is 5.42. The zero-order valence-electron chi connectivity index (χ0n) is 24.3. The molecule has 1 fully saturated rings. The second-order valence-corrected chi connectivity index (χ2v) is 11.5. The van der Waals surface area contributed by atoms with E-state index < -0.39 is 5.97 Å². The van der Waals surface area contributed by atoms with Crippen LogP contribution in [-0.4, -0.2) is 47.8 Å². The number of pyridine rings is 1. The van der Waals surface area contributed by atoms with Crippen LogP contribution in [0.25, 0.3) is 16.8 Å². The van der Waals surface area contributed by atoms with E-state index in [1.54, 1.807) is 25.4 Å². The van der Waals surface area contributed by atoms with E-state index in [1.807, 2.05) is 31.2 Å². The smallest absolute Gasteiger partial charge is 0.307 e. The topological polar surface area (TPSA) is 118 Å². The molecule has 2 aromatic carbocycles. The van der Waals surface area contributed by atoms with Crippen LogP contribution in [0.15, 0.2) is 54.7 Å². The number of hydrogen-bond acceptors (Lipinski definition) is 7. The number of hydrazine groups is 1. The Morgan fingerprint density at radius 2 is 1.78 bits per heavy atom. The fraction of sp³-hybridized carbons (Fsp3) is 0.375. The number of anilines is 1. The highest BCUT2D eigenvalue weighted by Crippen LogP contribution is 2.43. The number of nitrogens with zero attached hydrogens (tertiary/aromatic N) is 3. The minimum absolute atomic E-state index is 0.146. The third-order valence-corrected chi connectivity index (χ3v) is 7.57. The van der Waals surface area contributed by atoms with E-state index in [2.05, 4.69) is 18.7 Å². The number of ether oxygens (including phenoxy) is 1. The molecule has 218 valence electrons. The van der Waals surface area contributed by atoms with Crippen LogP contribution in [-0.2, 0) is 17.6 Å². The van der Waals surface area contributed by atoms with Gasteiger partial charge in [-0.05, 0) is 60.6 Å². The van der Waals surface area contributed by atoms with E-state index in [9.17, 15) is 14.3 Å². The van der Waals surface area contributed by atoms with Gasteiger partial charge in [0.05, 0.1) is 30.1 Å². The number of nitrogens with two attached hydrogens (primary N) is 2. The first-order valence-corrected chi connectivity index (χ1v) is 13.9. The second kappa shape index (κ2) is 12.6. The number of rotatable bonds is 10. The van der Waals surface area contributed by atoms with E-state index in [4.69, 9.17) is 21.3 Å². The predicted octanol–water partition coefficient (Wildman–Crippen LogP) is 5.13. The number of carboxylic acid groups (broad SMARTS) is 1. The van der Waals surface area contributed by atoms with Crippen molar-refractivity contribution in [1.29, 1.82) is 0 Å². The average Bonchev–Trinajstić information content (AvgIpc) is 2.91. The molecule has 1 aromatic heterocycles. The zero-order chi connectivity index (χ0) is 29.7. The molecule has 9 heteroatoms. The van der Waals surface area contributed by atoms with Crippen molar-refractivity contribution < 1.29 is 19.0 Å². The van der Waals surface area contributed by atoms with E-state index >= 15 is 0 Å². The number of carbonyl (C=O) groups is 1. The van der Waals surface area contributed by atoms with Gasteiger partial charge in [0.1, 0.15) is 11.6 Å². The summed E-state index contributed by atoms with van der Waals surface area (Å²) in [6.45, 7) is 8.39. The molecule has 0 saturated carbocycles. The number of benzene rings is 2. The number of aryl methyl sites for hydroxylation is 1. The summed E-state index contributed by atoms with van der Waals surface area (Å²) >= 11 is 0. The van der Waals surface area contributed by atoms with Gasteiger partial charge >= 0.3 is 5.97 Å². The van der Waals surface area contributed by atoms with Crippen LogP contribution in [0.1, 0.15) is 49.2 Å². The lowest BCUT2D eigenvalue weighted by molar-refractivity contribution is -0.136. The number of aromatic nitrogens is 1. The van der Waals surface area contributed by atoms with Crippen LogP contribution in [0.3, 0.4) is 0 Å². The minimum Gasteiger partial charge on any atom is -0.493 e. The maximum Gasteiger partial charge on any atom is 0.307 e. The van der Waals surface area contributed by atoms with Crippen LogP contribution in [0.4, 0.5) is 10.1 Å². The maximum absolute atomic E-state index is 13.2. The van der Waals surface area contributed by atoms with Crippen molar-refractivity contribution in [2.24, 2.45) is 17.0 Å². The third-order valence-electron chi connectivity index (χ3n) is 7.57. The first-order chi connectivity index (χ1) is 19.4. The third kappa shape index (κ3) is 7.55. The Labute approximate surface area is 241 Å². The van der Waals surface area contributed by atoms with Gasteiger partial charge in [-0.3, -0.25) is 9.78 Å². The van der Waals surface area contributed by atoms with Crippen molar-refractivity contribution in [3.8, 4) is 16.9 Å². The standard InChI is InChI=1S/C32H40FN5O3/c1-21-26(19-28(39)40)31(38-16-14-32(2,3)15-17-38)29(30(36-21)27(34)20-37(4)35)23-7-11-25(12-8-23)41-18-13-22-5-9-24(33)10-6-22/h5-12,20H,13-19,34-35H2,1-4H3,(H,39,40)/b27-20-. The predicted molar refractivity (Wildman–Crippen MR) is 161 cm³/mol. The first kappa shape index (κ1) is 29.9. The monoisotopic (exact) mass is 561 g/mol. The average molecular weight is 562 g/mol. The molecule has 2 heterocycles. The summed E-state index contributed by atoms with van der Waals surface area (Å²) in [6.07, 6.45) is 4.07. The highest BCUT2D eigenvalue weighted by Gasteiger charge is 2.31. The molecular formula is C32H40FN5O3. The molecule has 4 rings (SSSR count). The summed E-state index contributed by atoms with van der Waals surface area (Å²) in [6, 6.07) is 14.1. The number of hydrogen-bond donors (Lipinski definition) is 3. The van der Waals surface area contributed by atoms with Gasteiger partial charge in [0, 0.05) is 49.6 Å².